The van der Waals surface area contributed by atoms with Crippen LogP contribution < -0.4 is 5.32 Å². The minimum atomic E-state index is -2.81. The number of rotatable bonds is 7. The highest BCUT2D eigenvalue weighted by Gasteiger charge is 2.21. The zero-order valence-electron chi connectivity index (χ0n) is 10.5. The predicted octanol–water partition coefficient (Wildman–Crippen LogP) is 1.98. The molecule has 1 N–H and O–H groups in total. The van der Waals surface area contributed by atoms with E-state index in [1.165, 1.54) is 25.7 Å². The van der Waals surface area contributed by atoms with Gasteiger partial charge in [-0.1, -0.05) is 19.8 Å². The van der Waals surface area contributed by atoms with Gasteiger partial charge in [-0.05, 0) is 32.1 Å². The van der Waals surface area contributed by atoms with Crippen LogP contribution in [0.2, 0.25) is 0 Å². The second kappa shape index (κ2) is 6.60. The van der Waals surface area contributed by atoms with Crippen molar-refractivity contribution in [1.82, 2.24) is 5.32 Å². The second-order valence-corrected chi connectivity index (χ2v) is 7.24. The Labute approximate surface area is 99.9 Å². The van der Waals surface area contributed by atoms with Crippen LogP contribution in [0.15, 0.2) is 0 Å². The van der Waals surface area contributed by atoms with Crippen molar-refractivity contribution in [1.29, 1.82) is 0 Å². The molecule has 1 rings (SSSR count). The van der Waals surface area contributed by atoms with Gasteiger partial charge in [0.2, 0.25) is 0 Å². The van der Waals surface area contributed by atoms with Crippen molar-refractivity contribution in [3.63, 3.8) is 0 Å². The van der Waals surface area contributed by atoms with E-state index in [0.717, 1.165) is 12.3 Å². The highest BCUT2D eigenvalue weighted by atomic mass is 32.2. The van der Waals surface area contributed by atoms with Gasteiger partial charge in [0, 0.05) is 18.3 Å². The van der Waals surface area contributed by atoms with E-state index >= 15 is 0 Å². The molecule has 0 amide bonds. The predicted molar refractivity (Wildman–Crippen MR) is 68.4 cm³/mol. The maximum atomic E-state index is 11.5. The van der Waals surface area contributed by atoms with Crippen LogP contribution in [-0.2, 0) is 9.84 Å². The highest BCUT2D eigenvalue weighted by molar-refractivity contribution is 7.91. The number of sulfone groups is 1. The third-order valence-electron chi connectivity index (χ3n) is 3.50. The first-order valence-electron chi connectivity index (χ1n) is 6.49. The van der Waals surface area contributed by atoms with Crippen LogP contribution >= 0.6 is 0 Å². The van der Waals surface area contributed by atoms with E-state index in [-0.39, 0.29) is 5.75 Å². The van der Waals surface area contributed by atoms with Gasteiger partial charge in [0.15, 0.2) is 9.84 Å². The van der Waals surface area contributed by atoms with E-state index in [1.807, 2.05) is 6.92 Å². The van der Waals surface area contributed by atoms with Crippen LogP contribution in [0.5, 0.6) is 0 Å². The lowest BCUT2D eigenvalue weighted by Gasteiger charge is -2.20. The second-order valence-electron chi connectivity index (χ2n) is 4.94. The molecule has 0 unspecified atom stereocenters. The standard InChI is InChI=1S/C12H25NO2S/c1-3-9-16(14,15)10-8-13-11(2)12-6-4-5-7-12/h11-13H,3-10H2,1-2H3/t11-/m1/s1. The average Bonchev–Trinajstić information content (AvgIpc) is 2.69. The first-order chi connectivity index (χ1) is 7.55. The third kappa shape index (κ3) is 4.83. The number of nitrogens with one attached hydrogen (secondary N) is 1. The summed E-state index contributed by atoms with van der Waals surface area (Å²) < 4.78 is 23.0. The van der Waals surface area contributed by atoms with Gasteiger partial charge in [-0.25, -0.2) is 8.42 Å². The van der Waals surface area contributed by atoms with Gasteiger partial charge in [-0.15, -0.1) is 0 Å². The fourth-order valence-electron chi connectivity index (χ4n) is 2.48. The van der Waals surface area contributed by atoms with Crippen molar-refractivity contribution in [2.24, 2.45) is 5.92 Å². The van der Waals surface area contributed by atoms with Crippen molar-refractivity contribution >= 4 is 9.84 Å². The summed E-state index contributed by atoms with van der Waals surface area (Å²) in [5, 5.41) is 3.36. The molecule has 1 fully saturated rings. The number of hydrogen-bond donors (Lipinski definition) is 1. The first kappa shape index (κ1) is 14.0. The average molecular weight is 247 g/mol. The van der Waals surface area contributed by atoms with Gasteiger partial charge in [0.1, 0.15) is 0 Å². The molecule has 96 valence electrons. The SMILES string of the molecule is CCCS(=O)(=O)CCN[C@H](C)C1CCCC1. The fourth-order valence-corrected chi connectivity index (χ4v) is 3.73. The summed E-state index contributed by atoms with van der Waals surface area (Å²) in [6, 6.07) is 0.472. The summed E-state index contributed by atoms with van der Waals surface area (Å²) in [6.45, 7) is 4.70. The van der Waals surface area contributed by atoms with E-state index in [1.54, 1.807) is 0 Å². The molecule has 0 radical (unpaired) electrons. The molecule has 1 saturated carbocycles. The molecule has 0 aliphatic heterocycles. The summed E-state index contributed by atoms with van der Waals surface area (Å²) in [7, 11) is -2.81. The monoisotopic (exact) mass is 247 g/mol. The smallest absolute Gasteiger partial charge is 0.151 e. The van der Waals surface area contributed by atoms with Crippen LogP contribution in [0.1, 0.15) is 46.0 Å². The molecule has 0 heterocycles. The largest absolute Gasteiger partial charge is 0.313 e. The van der Waals surface area contributed by atoms with Gasteiger partial charge in [0.25, 0.3) is 0 Å². The fraction of sp³-hybridized carbons (Fsp3) is 1.00. The van der Waals surface area contributed by atoms with Crippen LogP contribution in [0.4, 0.5) is 0 Å². The van der Waals surface area contributed by atoms with Crippen LogP contribution in [0.3, 0.4) is 0 Å². The quantitative estimate of drug-likeness (QED) is 0.748. The molecule has 0 aromatic rings. The lowest BCUT2D eigenvalue weighted by Crippen LogP contribution is -2.35. The van der Waals surface area contributed by atoms with E-state index in [4.69, 9.17) is 0 Å². The molecule has 3 nitrogen and oxygen atoms in total. The molecule has 4 heteroatoms. The van der Waals surface area contributed by atoms with Crippen molar-refractivity contribution in [2.45, 2.75) is 52.0 Å². The topological polar surface area (TPSA) is 46.2 Å². The molecule has 1 atom stereocenters. The molecular formula is C12H25NO2S. The minimum absolute atomic E-state index is 0.290. The molecule has 1 aliphatic rings. The Morgan fingerprint density at radius 3 is 2.44 bits per heavy atom. The Morgan fingerprint density at radius 2 is 1.88 bits per heavy atom. The van der Waals surface area contributed by atoms with Gasteiger partial charge < -0.3 is 5.32 Å². The lowest BCUT2D eigenvalue weighted by molar-refractivity contribution is 0.389. The normalized spacial score (nSPS) is 20.1. The van der Waals surface area contributed by atoms with Crippen LogP contribution in [0, 0.1) is 5.92 Å². The molecule has 1 aliphatic carbocycles. The Hall–Kier alpha value is -0.0900. The molecule has 0 bridgehead atoms. The summed E-state index contributed by atoms with van der Waals surface area (Å²) in [6.07, 6.45) is 6.00. The van der Waals surface area contributed by atoms with Crippen molar-refractivity contribution in [2.75, 3.05) is 18.1 Å². The molecule has 0 spiro atoms. The molecule has 16 heavy (non-hydrogen) atoms. The Bertz CT molecular complexity index is 281. The molecular weight excluding hydrogens is 222 g/mol. The summed E-state index contributed by atoms with van der Waals surface area (Å²) in [5.74, 6) is 1.37. The summed E-state index contributed by atoms with van der Waals surface area (Å²) >= 11 is 0. The van der Waals surface area contributed by atoms with E-state index < -0.39 is 9.84 Å². The van der Waals surface area contributed by atoms with Crippen LogP contribution in [0.25, 0.3) is 0 Å². The molecule has 0 aromatic carbocycles. The first-order valence-corrected chi connectivity index (χ1v) is 8.31. The van der Waals surface area contributed by atoms with E-state index in [2.05, 4.69) is 12.2 Å². The summed E-state index contributed by atoms with van der Waals surface area (Å²) in [4.78, 5) is 0. The summed E-state index contributed by atoms with van der Waals surface area (Å²) in [5.41, 5.74) is 0. The Kier molecular flexibility index (Phi) is 5.76. The van der Waals surface area contributed by atoms with E-state index in [0.29, 0.717) is 18.3 Å². The van der Waals surface area contributed by atoms with Gasteiger partial charge in [0.05, 0.1) is 5.75 Å². The van der Waals surface area contributed by atoms with Crippen LogP contribution in [-0.4, -0.2) is 32.5 Å². The Morgan fingerprint density at radius 1 is 1.25 bits per heavy atom. The molecule has 0 saturated heterocycles. The van der Waals surface area contributed by atoms with Gasteiger partial charge in [-0.3, -0.25) is 0 Å². The molecule has 0 aromatic heterocycles. The van der Waals surface area contributed by atoms with Gasteiger partial charge >= 0.3 is 0 Å². The zero-order valence-corrected chi connectivity index (χ0v) is 11.4. The number of hydrogen-bond acceptors (Lipinski definition) is 3. The van der Waals surface area contributed by atoms with E-state index in [9.17, 15) is 8.42 Å². The van der Waals surface area contributed by atoms with Crippen molar-refractivity contribution in [3.05, 3.63) is 0 Å². The Balaban J connectivity index is 2.19. The maximum absolute atomic E-state index is 11.5. The zero-order chi connectivity index (χ0) is 12.0. The lowest BCUT2D eigenvalue weighted by atomic mass is 10.00. The third-order valence-corrected chi connectivity index (χ3v) is 5.36. The highest BCUT2D eigenvalue weighted by Crippen LogP contribution is 2.27. The van der Waals surface area contributed by atoms with Gasteiger partial charge in [-0.2, -0.15) is 0 Å². The maximum Gasteiger partial charge on any atom is 0.151 e. The minimum Gasteiger partial charge on any atom is -0.313 e. The van der Waals surface area contributed by atoms with Crippen molar-refractivity contribution < 1.29 is 8.42 Å². The van der Waals surface area contributed by atoms with Crippen molar-refractivity contribution in [3.8, 4) is 0 Å².